The Kier molecular flexibility index (Phi) is 6.68. The second-order valence-corrected chi connectivity index (χ2v) is 4.41. The van der Waals surface area contributed by atoms with Gasteiger partial charge in [0.25, 0.3) is 0 Å². The summed E-state index contributed by atoms with van der Waals surface area (Å²) in [5.41, 5.74) is 6.96. The fraction of sp³-hybridized carbons (Fsp3) is 0.571. The smallest absolute Gasteiger partial charge is 0.125 e. The summed E-state index contributed by atoms with van der Waals surface area (Å²) in [5, 5.41) is 0. The van der Waals surface area contributed by atoms with Crippen molar-refractivity contribution < 1.29 is 9.13 Å². The summed E-state index contributed by atoms with van der Waals surface area (Å²) in [6.07, 6.45) is 1.87. The third kappa shape index (κ3) is 5.02. The van der Waals surface area contributed by atoms with Gasteiger partial charge in [-0.1, -0.05) is 6.07 Å². The van der Waals surface area contributed by atoms with Crippen LogP contribution in [0.5, 0.6) is 0 Å². The van der Waals surface area contributed by atoms with Crippen LogP contribution in [0.15, 0.2) is 24.3 Å². The van der Waals surface area contributed by atoms with Crippen LogP contribution in [0, 0.1) is 5.82 Å². The SMILES string of the molecule is CCN(CC(N)CCCOC)c1cccc(F)c1. The molecule has 2 N–H and O–H groups in total. The summed E-state index contributed by atoms with van der Waals surface area (Å²) in [5.74, 6) is -0.209. The predicted octanol–water partition coefficient (Wildman–Crippen LogP) is 2.41. The van der Waals surface area contributed by atoms with E-state index in [-0.39, 0.29) is 11.9 Å². The highest BCUT2D eigenvalue weighted by Gasteiger charge is 2.10. The van der Waals surface area contributed by atoms with E-state index in [9.17, 15) is 4.39 Å². The highest BCUT2D eigenvalue weighted by molar-refractivity contribution is 5.46. The number of hydrogen-bond donors (Lipinski definition) is 1. The van der Waals surface area contributed by atoms with Gasteiger partial charge in [-0.25, -0.2) is 4.39 Å². The lowest BCUT2D eigenvalue weighted by Gasteiger charge is -2.26. The van der Waals surface area contributed by atoms with Crippen molar-refractivity contribution in [3.8, 4) is 0 Å². The van der Waals surface area contributed by atoms with Crippen molar-refractivity contribution in [3.63, 3.8) is 0 Å². The number of nitrogens with two attached hydrogens (primary N) is 1. The zero-order chi connectivity index (χ0) is 13.4. The maximum Gasteiger partial charge on any atom is 0.125 e. The van der Waals surface area contributed by atoms with Gasteiger partial charge >= 0.3 is 0 Å². The molecule has 102 valence electrons. The Bertz CT molecular complexity index is 346. The minimum Gasteiger partial charge on any atom is -0.385 e. The fourth-order valence-corrected chi connectivity index (χ4v) is 1.95. The Hall–Kier alpha value is -1.13. The fourth-order valence-electron chi connectivity index (χ4n) is 1.95. The van der Waals surface area contributed by atoms with Gasteiger partial charge in [0.2, 0.25) is 0 Å². The molecule has 1 aromatic rings. The third-order valence-electron chi connectivity index (χ3n) is 2.93. The molecule has 1 atom stereocenters. The average Bonchev–Trinajstić information content (AvgIpc) is 2.36. The molecule has 0 aliphatic carbocycles. The van der Waals surface area contributed by atoms with Crippen LogP contribution in [0.3, 0.4) is 0 Å². The quantitative estimate of drug-likeness (QED) is 0.724. The molecule has 0 radical (unpaired) electrons. The van der Waals surface area contributed by atoms with Crippen LogP contribution in [0.4, 0.5) is 10.1 Å². The number of rotatable bonds is 8. The zero-order valence-corrected chi connectivity index (χ0v) is 11.2. The Balaban J connectivity index is 2.51. The van der Waals surface area contributed by atoms with Gasteiger partial charge in [0, 0.05) is 38.5 Å². The first-order chi connectivity index (χ1) is 8.67. The molecule has 18 heavy (non-hydrogen) atoms. The third-order valence-corrected chi connectivity index (χ3v) is 2.93. The Morgan fingerprint density at radius 1 is 1.44 bits per heavy atom. The summed E-state index contributed by atoms with van der Waals surface area (Å²) in [4.78, 5) is 2.10. The number of hydrogen-bond acceptors (Lipinski definition) is 3. The molecular formula is C14H23FN2O. The number of halogens is 1. The van der Waals surface area contributed by atoms with Gasteiger partial charge in [0.05, 0.1) is 0 Å². The minimum absolute atomic E-state index is 0.0865. The molecule has 0 saturated heterocycles. The Morgan fingerprint density at radius 3 is 2.83 bits per heavy atom. The van der Waals surface area contributed by atoms with Gasteiger partial charge in [0.15, 0.2) is 0 Å². The second kappa shape index (κ2) is 8.06. The molecule has 0 amide bonds. The topological polar surface area (TPSA) is 38.5 Å². The van der Waals surface area contributed by atoms with Crippen molar-refractivity contribution in [2.24, 2.45) is 5.73 Å². The van der Waals surface area contributed by atoms with Crippen LogP contribution in [-0.2, 0) is 4.74 Å². The second-order valence-electron chi connectivity index (χ2n) is 4.41. The van der Waals surface area contributed by atoms with E-state index < -0.39 is 0 Å². The first kappa shape index (κ1) is 14.9. The van der Waals surface area contributed by atoms with Gasteiger partial charge in [-0.15, -0.1) is 0 Å². The normalized spacial score (nSPS) is 12.4. The standard InChI is InChI=1S/C14H23FN2O/c1-3-17(11-13(16)7-5-9-18-2)14-8-4-6-12(15)10-14/h4,6,8,10,13H,3,5,7,9,11,16H2,1-2H3. The first-order valence-electron chi connectivity index (χ1n) is 6.42. The number of likely N-dealkylation sites (N-methyl/N-ethyl adjacent to an activating group) is 1. The number of benzene rings is 1. The number of ether oxygens (including phenoxy) is 1. The van der Waals surface area contributed by atoms with Gasteiger partial charge in [-0.2, -0.15) is 0 Å². The highest BCUT2D eigenvalue weighted by Crippen LogP contribution is 2.16. The molecular weight excluding hydrogens is 231 g/mol. The molecule has 0 aliphatic rings. The minimum atomic E-state index is -0.209. The van der Waals surface area contributed by atoms with Gasteiger partial charge in [-0.05, 0) is 38.0 Å². The molecule has 1 unspecified atom stereocenters. The lowest BCUT2D eigenvalue weighted by molar-refractivity contribution is 0.190. The van der Waals surface area contributed by atoms with Gasteiger partial charge in [0.1, 0.15) is 5.82 Å². The largest absolute Gasteiger partial charge is 0.385 e. The molecule has 0 aromatic heterocycles. The van der Waals surface area contributed by atoms with Crippen molar-refractivity contribution >= 4 is 5.69 Å². The molecule has 0 saturated carbocycles. The van der Waals surface area contributed by atoms with E-state index in [0.29, 0.717) is 0 Å². The van der Waals surface area contributed by atoms with Gasteiger partial charge in [-0.3, -0.25) is 0 Å². The van der Waals surface area contributed by atoms with E-state index in [4.69, 9.17) is 10.5 Å². The van der Waals surface area contributed by atoms with E-state index >= 15 is 0 Å². The Morgan fingerprint density at radius 2 is 2.22 bits per heavy atom. The molecule has 0 spiro atoms. The zero-order valence-electron chi connectivity index (χ0n) is 11.2. The van der Waals surface area contributed by atoms with Crippen LogP contribution in [0.25, 0.3) is 0 Å². The summed E-state index contributed by atoms with van der Waals surface area (Å²) in [7, 11) is 1.69. The van der Waals surface area contributed by atoms with Crippen LogP contribution in [0.1, 0.15) is 19.8 Å². The van der Waals surface area contributed by atoms with Crippen molar-refractivity contribution in [2.45, 2.75) is 25.8 Å². The van der Waals surface area contributed by atoms with Crippen molar-refractivity contribution in [3.05, 3.63) is 30.1 Å². The number of methoxy groups -OCH3 is 1. The maximum absolute atomic E-state index is 13.2. The van der Waals surface area contributed by atoms with Crippen LogP contribution in [0.2, 0.25) is 0 Å². The monoisotopic (exact) mass is 254 g/mol. The van der Waals surface area contributed by atoms with Crippen molar-refractivity contribution in [1.82, 2.24) is 0 Å². The summed E-state index contributed by atoms with van der Waals surface area (Å²) in [6.45, 7) is 4.34. The molecule has 0 fully saturated rings. The van der Waals surface area contributed by atoms with Crippen LogP contribution < -0.4 is 10.6 Å². The van der Waals surface area contributed by atoms with E-state index in [1.165, 1.54) is 6.07 Å². The van der Waals surface area contributed by atoms with Crippen molar-refractivity contribution in [1.29, 1.82) is 0 Å². The van der Waals surface area contributed by atoms with E-state index in [0.717, 1.165) is 38.2 Å². The molecule has 0 bridgehead atoms. The maximum atomic E-state index is 13.2. The summed E-state index contributed by atoms with van der Waals surface area (Å²) < 4.78 is 18.2. The highest BCUT2D eigenvalue weighted by atomic mass is 19.1. The Labute approximate surface area is 109 Å². The van der Waals surface area contributed by atoms with Crippen molar-refractivity contribution in [2.75, 3.05) is 31.7 Å². The molecule has 0 aliphatic heterocycles. The lowest BCUT2D eigenvalue weighted by Crippen LogP contribution is -2.37. The van der Waals surface area contributed by atoms with Crippen LogP contribution >= 0.6 is 0 Å². The molecule has 1 rings (SSSR count). The van der Waals surface area contributed by atoms with E-state index in [1.54, 1.807) is 19.2 Å². The molecule has 0 heterocycles. The van der Waals surface area contributed by atoms with Gasteiger partial charge < -0.3 is 15.4 Å². The molecule has 1 aromatic carbocycles. The molecule has 4 heteroatoms. The average molecular weight is 254 g/mol. The number of anilines is 1. The summed E-state index contributed by atoms with van der Waals surface area (Å²) in [6, 6.07) is 6.72. The predicted molar refractivity (Wildman–Crippen MR) is 73.4 cm³/mol. The van der Waals surface area contributed by atoms with E-state index in [1.807, 2.05) is 13.0 Å². The lowest BCUT2D eigenvalue weighted by atomic mass is 10.1. The van der Waals surface area contributed by atoms with Crippen LogP contribution in [-0.4, -0.2) is 32.8 Å². The first-order valence-corrected chi connectivity index (χ1v) is 6.42. The molecule has 3 nitrogen and oxygen atoms in total. The number of nitrogens with zero attached hydrogens (tertiary/aromatic N) is 1. The summed E-state index contributed by atoms with van der Waals surface area (Å²) >= 11 is 0. The van der Waals surface area contributed by atoms with E-state index in [2.05, 4.69) is 4.90 Å².